The third kappa shape index (κ3) is 7.64. The van der Waals surface area contributed by atoms with Crippen LogP contribution in [0.2, 0.25) is 0 Å². The van der Waals surface area contributed by atoms with Crippen LogP contribution in [0.1, 0.15) is 26.2 Å². The number of rotatable bonds is 7. The zero-order valence-corrected chi connectivity index (χ0v) is 8.34. The quantitative estimate of drug-likeness (QED) is 0.617. The molecule has 1 atom stereocenters. The van der Waals surface area contributed by atoms with E-state index in [9.17, 15) is 9.59 Å². The Morgan fingerprint density at radius 3 is 2.38 bits per heavy atom. The van der Waals surface area contributed by atoms with Gasteiger partial charge < -0.3 is 10.2 Å². The molecule has 13 heavy (non-hydrogen) atoms. The van der Waals surface area contributed by atoms with Gasteiger partial charge in [-0.1, -0.05) is 0 Å². The maximum Gasteiger partial charge on any atom is 0.316 e. The molecule has 0 aromatic heterocycles. The van der Waals surface area contributed by atoms with Gasteiger partial charge in [-0.2, -0.15) is 0 Å². The molecule has 0 radical (unpaired) electrons. The summed E-state index contributed by atoms with van der Waals surface area (Å²) >= 11 is 1.34. The lowest BCUT2D eigenvalue weighted by Gasteiger charge is -2.04. The number of unbranched alkanes of at least 4 members (excludes halogenated alkanes) is 1. The smallest absolute Gasteiger partial charge is 0.316 e. The Morgan fingerprint density at radius 2 is 1.92 bits per heavy atom. The monoisotopic (exact) mass is 206 g/mol. The van der Waals surface area contributed by atoms with E-state index in [4.69, 9.17) is 10.2 Å². The summed E-state index contributed by atoms with van der Waals surface area (Å²) < 4.78 is 0. The Labute approximate surface area is 81.3 Å². The molecule has 76 valence electrons. The summed E-state index contributed by atoms with van der Waals surface area (Å²) in [7, 11) is 0. The van der Waals surface area contributed by atoms with Crippen LogP contribution in [0.4, 0.5) is 0 Å². The SMILES string of the molecule is CC(SCCCCC(=O)O)C(=O)O. The van der Waals surface area contributed by atoms with Crippen LogP contribution >= 0.6 is 11.8 Å². The number of hydrogen-bond acceptors (Lipinski definition) is 3. The third-order valence-corrected chi connectivity index (χ3v) is 2.73. The molecule has 0 aliphatic rings. The van der Waals surface area contributed by atoms with Crippen molar-refractivity contribution < 1.29 is 19.8 Å². The van der Waals surface area contributed by atoms with E-state index in [0.29, 0.717) is 12.2 Å². The Balaban J connectivity index is 3.26. The molecule has 0 bridgehead atoms. The summed E-state index contributed by atoms with van der Waals surface area (Å²) in [6.45, 7) is 1.63. The van der Waals surface area contributed by atoms with Crippen molar-refractivity contribution in [2.75, 3.05) is 5.75 Å². The molecule has 0 spiro atoms. The average Bonchev–Trinajstić information content (AvgIpc) is 2.02. The van der Waals surface area contributed by atoms with E-state index in [1.807, 2.05) is 0 Å². The lowest BCUT2D eigenvalue weighted by molar-refractivity contribution is -0.137. The van der Waals surface area contributed by atoms with Gasteiger partial charge in [0.15, 0.2) is 0 Å². The summed E-state index contributed by atoms with van der Waals surface area (Å²) in [5.74, 6) is -0.902. The summed E-state index contributed by atoms with van der Waals surface area (Å²) in [6, 6.07) is 0. The summed E-state index contributed by atoms with van der Waals surface area (Å²) in [4.78, 5) is 20.5. The molecule has 0 fully saturated rings. The van der Waals surface area contributed by atoms with E-state index in [2.05, 4.69) is 0 Å². The fraction of sp³-hybridized carbons (Fsp3) is 0.750. The van der Waals surface area contributed by atoms with Crippen LogP contribution in [-0.2, 0) is 9.59 Å². The molecule has 2 N–H and O–H groups in total. The predicted octanol–water partition coefficient (Wildman–Crippen LogP) is 1.45. The predicted molar refractivity (Wildman–Crippen MR) is 51.0 cm³/mol. The molecule has 0 rings (SSSR count). The van der Waals surface area contributed by atoms with Crippen LogP contribution < -0.4 is 0 Å². The Kier molecular flexibility index (Phi) is 6.40. The van der Waals surface area contributed by atoms with Gasteiger partial charge >= 0.3 is 11.9 Å². The molecule has 0 aromatic rings. The van der Waals surface area contributed by atoms with Gasteiger partial charge in [-0.3, -0.25) is 9.59 Å². The molecule has 0 saturated carbocycles. The minimum absolute atomic E-state index is 0.169. The van der Waals surface area contributed by atoms with Gasteiger partial charge in [0.2, 0.25) is 0 Å². The van der Waals surface area contributed by atoms with E-state index in [1.165, 1.54) is 11.8 Å². The fourth-order valence-corrected chi connectivity index (χ4v) is 1.58. The highest BCUT2D eigenvalue weighted by Gasteiger charge is 2.10. The molecule has 1 unspecified atom stereocenters. The number of carboxylic acid groups (broad SMARTS) is 2. The van der Waals surface area contributed by atoms with Crippen molar-refractivity contribution in [1.82, 2.24) is 0 Å². The van der Waals surface area contributed by atoms with Crippen molar-refractivity contribution in [1.29, 1.82) is 0 Å². The van der Waals surface area contributed by atoms with Gasteiger partial charge in [-0.15, -0.1) is 11.8 Å². The fourth-order valence-electron chi connectivity index (χ4n) is 0.710. The van der Waals surface area contributed by atoms with Crippen LogP contribution in [0.25, 0.3) is 0 Å². The normalized spacial score (nSPS) is 12.4. The summed E-state index contributed by atoms with van der Waals surface area (Å²) in [5.41, 5.74) is 0. The molecular weight excluding hydrogens is 192 g/mol. The van der Waals surface area contributed by atoms with E-state index in [1.54, 1.807) is 6.92 Å². The first-order valence-corrected chi connectivity index (χ1v) is 5.15. The van der Waals surface area contributed by atoms with Crippen LogP contribution in [-0.4, -0.2) is 33.2 Å². The number of carboxylic acids is 2. The van der Waals surface area contributed by atoms with Crippen molar-refractivity contribution in [3.63, 3.8) is 0 Å². The topological polar surface area (TPSA) is 74.6 Å². The number of aliphatic carboxylic acids is 2. The van der Waals surface area contributed by atoms with Crippen molar-refractivity contribution in [3.05, 3.63) is 0 Å². The maximum atomic E-state index is 10.4. The summed E-state index contributed by atoms with van der Waals surface area (Å²) in [5, 5.41) is 16.4. The molecule has 0 amide bonds. The average molecular weight is 206 g/mol. The highest BCUT2D eigenvalue weighted by Crippen LogP contribution is 2.13. The molecule has 5 heteroatoms. The molecule has 0 aliphatic carbocycles. The standard InChI is InChI=1S/C8H14O4S/c1-6(8(11)12)13-5-3-2-4-7(9)10/h6H,2-5H2,1H3,(H,9,10)(H,11,12). The number of carbonyl (C=O) groups is 2. The van der Waals surface area contributed by atoms with Crippen molar-refractivity contribution in [3.8, 4) is 0 Å². The summed E-state index contributed by atoms with van der Waals surface area (Å²) in [6.07, 6.45) is 1.55. The highest BCUT2D eigenvalue weighted by atomic mass is 32.2. The second-order valence-corrected chi connectivity index (χ2v) is 4.15. The lowest BCUT2D eigenvalue weighted by atomic mass is 10.2. The van der Waals surface area contributed by atoms with Gasteiger partial charge in [0.25, 0.3) is 0 Å². The molecule has 0 aromatic carbocycles. The second kappa shape index (κ2) is 6.77. The van der Waals surface area contributed by atoms with Crippen LogP contribution in [0.3, 0.4) is 0 Å². The minimum Gasteiger partial charge on any atom is -0.481 e. The second-order valence-electron chi connectivity index (χ2n) is 2.70. The lowest BCUT2D eigenvalue weighted by Crippen LogP contribution is -2.12. The third-order valence-electron chi connectivity index (χ3n) is 1.50. The Hall–Kier alpha value is -0.710. The van der Waals surface area contributed by atoms with Crippen LogP contribution in [0.5, 0.6) is 0 Å². The van der Waals surface area contributed by atoms with Crippen molar-refractivity contribution in [2.45, 2.75) is 31.4 Å². The number of thioether (sulfide) groups is 1. The van der Waals surface area contributed by atoms with Gasteiger partial charge in [0, 0.05) is 6.42 Å². The molecule has 0 saturated heterocycles. The van der Waals surface area contributed by atoms with E-state index < -0.39 is 17.2 Å². The van der Waals surface area contributed by atoms with Gasteiger partial charge in [-0.05, 0) is 25.5 Å². The molecule has 0 aliphatic heterocycles. The van der Waals surface area contributed by atoms with Crippen molar-refractivity contribution in [2.24, 2.45) is 0 Å². The minimum atomic E-state index is -0.816. The van der Waals surface area contributed by atoms with Crippen molar-refractivity contribution >= 4 is 23.7 Å². The Bertz CT molecular complexity index is 181. The zero-order valence-electron chi connectivity index (χ0n) is 7.52. The van der Waals surface area contributed by atoms with E-state index in [-0.39, 0.29) is 6.42 Å². The highest BCUT2D eigenvalue weighted by molar-refractivity contribution is 8.00. The molecule has 4 nitrogen and oxygen atoms in total. The number of hydrogen-bond donors (Lipinski definition) is 2. The first-order valence-electron chi connectivity index (χ1n) is 4.10. The zero-order chi connectivity index (χ0) is 10.3. The van der Waals surface area contributed by atoms with Gasteiger partial charge in [-0.25, -0.2) is 0 Å². The first-order chi connectivity index (χ1) is 6.04. The van der Waals surface area contributed by atoms with E-state index in [0.717, 1.165) is 6.42 Å². The molecular formula is C8H14O4S. The van der Waals surface area contributed by atoms with Gasteiger partial charge in [0.1, 0.15) is 0 Å². The largest absolute Gasteiger partial charge is 0.481 e. The van der Waals surface area contributed by atoms with Crippen LogP contribution in [0, 0.1) is 0 Å². The van der Waals surface area contributed by atoms with Gasteiger partial charge in [0.05, 0.1) is 5.25 Å². The Morgan fingerprint density at radius 1 is 1.31 bits per heavy atom. The van der Waals surface area contributed by atoms with Crippen LogP contribution in [0.15, 0.2) is 0 Å². The van der Waals surface area contributed by atoms with E-state index >= 15 is 0 Å². The molecule has 0 heterocycles. The maximum absolute atomic E-state index is 10.4. The first kappa shape index (κ1) is 12.3.